The van der Waals surface area contributed by atoms with Gasteiger partial charge in [-0.15, -0.1) is 5.10 Å². The summed E-state index contributed by atoms with van der Waals surface area (Å²) in [5, 5.41) is 11.5. The van der Waals surface area contributed by atoms with Crippen LogP contribution in [0.1, 0.15) is 71.6 Å². The summed E-state index contributed by atoms with van der Waals surface area (Å²) in [6.45, 7) is -0.968. The fourth-order valence-corrected chi connectivity index (χ4v) is 5.34. The maximum atomic E-state index is 13.8. The van der Waals surface area contributed by atoms with Crippen molar-refractivity contribution in [3.05, 3.63) is 69.8 Å². The Bertz CT molecular complexity index is 1330. The minimum Gasteiger partial charge on any atom is -0.376 e. The van der Waals surface area contributed by atoms with Gasteiger partial charge in [0.1, 0.15) is 0 Å². The van der Waals surface area contributed by atoms with Gasteiger partial charge in [0, 0.05) is 20.2 Å². The van der Waals surface area contributed by atoms with E-state index in [1.54, 1.807) is 0 Å². The van der Waals surface area contributed by atoms with Crippen LogP contribution >= 0.6 is 0 Å². The molecule has 1 heterocycles. The van der Waals surface area contributed by atoms with E-state index < -0.39 is 53.4 Å². The van der Waals surface area contributed by atoms with Gasteiger partial charge in [0.15, 0.2) is 0 Å². The molecule has 1 aromatic heterocycles. The lowest BCUT2D eigenvalue weighted by atomic mass is 9.81. The number of aromatic nitrogens is 4. The molecule has 1 aliphatic rings. The summed E-state index contributed by atoms with van der Waals surface area (Å²) in [6.07, 6.45) is -11.0. The van der Waals surface area contributed by atoms with Crippen molar-refractivity contribution in [2.75, 3.05) is 12.0 Å². The highest BCUT2D eigenvalue weighted by atomic mass is 19.4. The number of methoxy groups -OCH3 is 1. The van der Waals surface area contributed by atoms with Crippen LogP contribution in [0.2, 0.25) is 0 Å². The molecule has 42 heavy (non-hydrogen) atoms. The van der Waals surface area contributed by atoms with Crippen LogP contribution in [0.15, 0.2) is 36.4 Å². The second-order valence-electron chi connectivity index (χ2n) is 10.3. The third-order valence-corrected chi connectivity index (χ3v) is 7.27. The lowest BCUT2D eigenvalue weighted by Gasteiger charge is -2.32. The third-order valence-electron chi connectivity index (χ3n) is 7.27. The summed E-state index contributed by atoms with van der Waals surface area (Å²) < 4.78 is 128. The molecule has 0 amide bonds. The SMILES string of the molecule is COC(c1ccc(C(F)(F)F)cc1CN(Cc1cc(C(F)(F)F)cc(C(F)(F)F)c1)c1nnn(C)n1)C1CCCCC1. The van der Waals surface area contributed by atoms with Crippen molar-refractivity contribution in [3.8, 4) is 0 Å². The zero-order valence-corrected chi connectivity index (χ0v) is 22.6. The van der Waals surface area contributed by atoms with Crippen LogP contribution in [0.3, 0.4) is 0 Å². The average Bonchev–Trinajstić information content (AvgIpc) is 3.34. The molecule has 3 aromatic rings. The van der Waals surface area contributed by atoms with E-state index in [1.165, 1.54) is 25.1 Å². The smallest absolute Gasteiger partial charge is 0.376 e. The van der Waals surface area contributed by atoms with Gasteiger partial charge in [0.05, 0.1) is 29.8 Å². The second kappa shape index (κ2) is 12.1. The van der Waals surface area contributed by atoms with Crippen LogP contribution < -0.4 is 4.90 Å². The Kier molecular flexibility index (Phi) is 9.09. The Morgan fingerprint density at radius 3 is 1.93 bits per heavy atom. The van der Waals surface area contributed by atoms with Gasteiger partial charge in [-0.25, -0.2) is 0 Å². The first-order chi connectivity index (χ1) is 19.6. The van der Waals surface area contributed by atoms with Gasteiger partial charge in [-0.1, -0.05) is 30.4 Å². The number of anilines is 1. The van der Waals surface area contributed by atoms with Crippen molar-refractivity contribution < 1.29 is 44.3 Å². The Balaban J connectivity index is 1.81. The molecule has 1 saturated carbocycles. The van der Waals surface area contributed by atoms with Gasteiger partial charge in [0.25, 0.3) is 5.95 Å². The number of halogens is 9. The lowest BCUT2D eigenvalue weighted by molar-refractivity contribution is -0.143. The molecule has 0 radical (unpaired) electrons. The van der Waals surface area contributed by atoms with E-state index in [0.717, 1.165) is 49.0 Å². The zero-order valence-electron chi connectivity index (χ0n) is 22.6. The monoisotopic (exact) mass is 609 g/mol. The Labute approximate surface area is 235 Å². The molecule has 1 fully saturated rings. The molecule has 15 heteroatoms. The van der Waals surface area contributed by atoms with E-state index in [1.807, 2.05) is 0 Å². The molecule has 0 spiro atoms. The van der Waals surface area contributed by atoms with Crippen LogP contribution in [-0.4, -0.2) is 27.3 Å². The fraction of sp³-hybridized carbons (Fsp3) is 0.519. The van der Waals surface area contributed by atoms with Gasteiger partial charge in [0.2, 0.25) is 0 Å². The summed E-state index contributed by atoms with van der Waals surface area (Å²) in [6, 6.07) is 4.29. The number of nitrogens with zero attached hydrogens (tertiary/aromatic N) is 5. The highest BCUT2D eigenvalue weighted by Gasteiger charge is 2.38. The molecule has 2 aromatic carbocycles. The summed E-state index contributed by atoms with van der Waals surface area (Å²) in [7, 11) is 2.84. The van der Waals surface area contributed by atoms with Crippen LogP contribution in [-0.2, 0) is 43.4 Å². The summed E-state index contributed by atoms with van der Waals surface area (Å²) in [5.41, 5.74) is -3.84. The molecule has 0 N–H and O–H groups in total. The van der Waals surface area contributed by atoms with E-state index >= 15 is 0 Å². The van der Waals surface area contributed by atoms with Gasteiger partial charge < -0.3 is 9.64 Å². The Morgan fingerprint density at radius 1 is 0.833 bits per heavy atom. The van der Waals surface area contributed by atoms with Gasteiger partial charge >= 0.3 is 18.5 Å². The molecule has 0 bridgehead atoms. The van der Waals surface area contributed by atoms with Crippen LogP contribution in [0.25, 0.3) is 0 Å². The van der Waals surface area contributed by atoms with Crippen molar-refractivity contribution in [1.29, 1.82) is 0 Å². The molecule has 4 rings (SSSR count). The highest BCUT2D eigenvalue weighted by molar-refractivity contribution is 5.42. The maximum absolute atomic E-state index is 13.8. The number of alkyl halides is 9. The fourth-order valence-electron chi connectivity index (χ4n) is 5.34. The molecule has 6 nitrogen and oxygen atoms in total. The van der Waals surface area contributed by atoms with Gasteiger partial charge in [-0.2, -0.15) is 44.3 Å². The number of aryl methyl sites for hydroxylation is 1. The first-order valence-electron chi connectivity index (χ1n) is 13.1. The first-order valence-corrected chi connectivity index (χ1v) is 13.1. The highest BCUT2D eigenvalue weighted by Crippen LogP contribution is 2.41. The van der Waals surface area contributed by atoms with E-state index in [4.69, 9.17) is 4.74 Å². The van der Waals surface area contributed by atoms with Crippen molar-refractivity contribution in [3.63, 3.8) is 0 Å². The molecule has 1 atom stereocenters. The molecular formula is C27H28F9N5O. The van der Waals surface area contributed by atoms with Crippen molar-refractivity contribution in [2.45, 2.75) is 69.8 Å². The number of ether oxygens (including phenoxy) is 1. The summed E-state index contributed by atoms with van der Waals surface area (Å²) in [5.74, 6) is -0.182. The number of benzene rings is 2. The largest absolute Gasteiger partial charge is 0.416 e. The van der Waals surface area contributed by atoms with Crippen LogP contribution in [0.5, 0.6) is 0 Å². The number of hydrogen-bond donors (Lipinski definition) is 0. The summed E-state index contributed by atoms with van der Waals surface area (Å²) in [4.78, 5) is 2.21. The molecule has 1 aliphatic carbocycles. The number of rotatable bonds is 8. The zero-order chi connectivity index (χ0) is 30.9. The van der Waals surface area contributed by atoms with Crippen molar-refractivity contribution in [2.24, 2.45) is 13.0 Å². The van der Waals surface area contributed by atoms with Crippen LogP contribution in [0.4, 0.5) is 45.5 Å². The predicted molar refractivity (Wildman–Crippen MR) is 133 cm³/mol. The lowest BCUT2D eigenvalue weighted by Crippen LogP contribution is -2.27. The third kappa shape index (κ3) is 7.53. The van der Waals surface area contributed by atoms with Gasteiger partial charge in [-0.3, -0.25) is 0 Å². The van der Waals surface area contributed by atoms with Crippen molar-refractivity contribution >= 4 is 5.95 Å². The minimum absolute atomic E-state index is 0.00663. The Morgan fingerprint density at radius 2 is 1.43 bits per heavy atom. The van der Waals surface area contributed by atoms with Crippen molar-refractivity contribution in [1.82, 2.24) is 20.2 Å². The molecular weight excluding hydrogens is 581 g/mol. The quantitative estimate of drug-likeness (QED) is 0.245. The van der Waals surface area contributed by atoms with Gasteiger partial charge in [-0.05, 0) is 71.0 Å². The van der Waals surface area contributed by atoms with Crippen LogP contribution in [0, 0.1) is 5.92 Å². The molecule has 0 aliphatic heterocycles. The van der Waals surface area contributed by atoms with E-state index in [-0.39, 0.29) is 30.0 Å². The summed E-state index contributed by atoms with van der Waals surface area (Å²) >= 11 is 0. The van der Waals surface area contributed by atoms with E-state index in [0.29, 0.717) is 17.7 Å². The Hall–Kier alpha value is -3.36. The van der Waals surface area contributed by atoms with E-state index in [9.17, 15) is 39.5 Å². The maximum Gasteiger partial charge on any atom is 0.416 e. The first kappa shape index (κ1) is 31.6. The second-order valence-corrected chi connectivity index (χ2v) is 10.3. The standard InChI is InChI=1S/C27H28F9N5O/c1-40-38-24(37-39-40)41(14-16-10-20(26(31,32)33)13-21(11-16)27(34,35)36)15-18-12-19(25(28,29)30)8-9-22(18)23(42-2)17-6-4-3-5-7-17/h8-13,17,23H,3-7,14-15H2,1-2H3. The normalized spacial score (nSPS) is 16.1. The molecule has 230 valence electrons. The number of hydrogen-bond acceptors (Lipinski definition) is 5. The topological polar surface area (TPSA) is 56.1 Å². The number of tetrazole rings is 1. The molecule has 0 saturated heterocycles. The average molecular weight is 610 g/mol. The van der Waals surface area contributed by atoms with E-state index in [2.05, 4.69) is 15.4 Å². The molecule has 1 unspecified atom stereocenters. The predicted octanol–water partition coefficient (Wildman–Crippen LogP) is 7.74. The minimum atomic E-state index is -5.08.